The van der Waals surface area contributed by atoms with Gasteiger partial charge in [0.2, 0.25) is 0 Å². The first-order chi connectivity index (χ1) is 15.7. The molecule has 1 saturated heterocycles. The molecule has 0 bridgehead atoms. The molecule has 0 saturated carbocycles. The molecule has 4 nitrogen and oxygen atoms in total. The average molecular weight is 440 g/mol. The van der Waals surface area contributed by atoms with E-state index < -0.39 is 0 Å². The van der Waals surface area contributed by atoms with Crippen molar-refractivity contribution in [3.8, 4) is 16.1 Å². The minimum Gasteiger partial charge on any atom is -0.337 e. The van der Waals surface area contributed by atoms with E-state index in [1.807, 2.05) is 29.2 Å². The Balaban J connectivity index is 1.29. The molecule has 2 aromatic carbocycles. The molecule has 2 aromatic heterocycles. The lowest BCUT2D eigenvalue weighted by atomic mass is 9.95. The molecule has 3 heterocycles. The Labute approximate surface area is 192 Å². The first kappa shape index (κ1) is 19.5. The molecule has 0 radical (unpaired) electrons. The van der Waals surface area contributed by atoms with Gasteiger partial charge in [0.05, 0.1) is 22.0 Å². The summed E-state index contributed by atoms with van der Waals surface area (Å²) in [5.74, 6) is 0.616. The van der Waals surface area contributed by atoms with E-state index in [1.165, 1.54) is 27.3 Å². The molecule has 160 valence electrons. The summed E-state index contributed by atoms with van der Waals surface area (Å²) < 4.78 is 2.08. The summed E-state index contributed by atoms with van der Waals surface area (Å²) in [6, 6.07) is 23.0. The largest absolute Gasteiger partial charge is 0.337 e. The number of aromatic nitrogens is 2. The third-order valence-corrected chi connectivity index (χ3v) is 7.96. The number of amides is 1. The van der Waals surface area contributed by atoms with E-state index in [9.17, 15) is 4.79 Å². The standard InChI is InChI=1S/C27H25N3OS/c1-18-25-23(30(28-18)22-10-6-3-7-11-22)13-12-20-16-24(32-26(20)25)27(31)29-15-14-21(17-29)19-8-4-2-5-9-19/h2-11,16,21H,12-15,17H2,1H3. The van der Waals surface area contributed by atoms with Gasteiger partial charge in [0.1, 0.15) is 0 Å². The maximum Gasteiger partial charge on any atom is 0.263 e. The summed E-state index contributed by atoms with van der Waals surface area (Å²) in [5, 5.41) is 4.86. The Hall–Kier alpha value is -3.18. The number of para-hydroxylation sites is 1. The molecule has 0 spiro atoms. The predicted octanol–water partition coefficient (Wildman–Crippen LogP) is 5.64. The first-order valence-electron chi connectivity index (χ1n) is 11.3. The number of carbonyl (C=O) groups excluding carboxylic acids is 1. The minimum absolute atomic E-state index is 0.178. The van der Waals surface area contributed by atoms with Crippen LogP contribution in [0.25, 0.3) is 16.1 Å². The fraction of sp³-hybridized carbons (Fsp3) is 0.259. The summed E-state index contributed by atoms with van der Waals surface area (Å²) in [4.78, 5) is 17.5. The Morgan fingerprint density at radius 3 is 2.56 bits per heavy atom. The Morgan fingerprint density at radius 2 is 1.78 bits per heavy atom. The zero-order valence-electron chi connectivity index (χ0n) is 18.1. The van der Waals surface area contributed by atoms with Gasteiger partial charge in [-0.1, -0.05) is 48.5 Å². The van der Waals surface area contributed by atoms with E-state index in [4.69, 9.17) is 5.10 Å². The monoisotopic (exact) mass is 439 g/mol. The van der Waals surface area contributed by atoms with Gasteiger partial charge in [-0.15, -0.1) is 11.3 Å². The van der Waals surface area contributed by atoms with Gasteiger partial charge in [0.25, 0.3) is 5.91 Å². The number of likely N-dealkylation sites (tertiary alicyclic amines) is 1. The number of rotatable bonds is 3. The van der Waals surface area contributed by atoms with Crippen molar-refractivity contribution in [1.29, 1.82) is 0 Å². The molecule has 1 aliphatic heterocycles. The summed E-state index contributed by atoms with van der Waals surface area (Å²) in [6.45, 7) is 3.72. The number of fused-ring (bicyclic) bond motifs is 3. The van der Waals surface area contributed by atoms with Crippen molar-refractivity contribution in [2.45, 2.75) is 32.1 Å². The third-order valence-electron chi connectivity index (χ3n) is 6.78. The molecular formula is C27H25N3OS. The van der Waals surface area contributed by atoms with Crippen LogP contribution in [0.2, 0.25) is 0 Å². The van der Waals surface area contributed by atoms with Crippen molar-refractivity contribution in [3.05, 3.63) is 94.1 Å². The summed E-state index contributed by atoms with van der Waals surface area (Å²) in [7, 11) is 0. The maximum atomic E-state index is 13.4. The second kappa shape index (κ2) is 7.75. The summed E-state index contributed by atoms with van der Waals surface area (Å²) >= 11 is 1.65. The average Bonchev–Trinajstić information content (AvgIpc) is 3.57. The lowest BCUT2D eigenvalue weighted by Crippen LogP contribution is -2.27. The highest BCUT2D eigenvalue weighted by Gasteiger charge is 2.32. The van der Waals surface area contributed by atoms with Crippen molar-refractivity contribution in [2.75, 3.05) is 13.1 Å². The molecule has 32 heavy (non-hydrogen) atoms. The summed E-state index contributed by atoms with van der Waals surface area (Å²) in [5.41, 5.74) is 7.24. The maximum absolute atomic E-state index is 13.4. The lowest BCUT2D eigenvalue weighted by molar-refractivity contribution is 0.0795. The zero-order valence-corrected chi connectivity index (χ0v) is 18.9. The van der Waals surface area contributed by atoms with E-state index in [1.54, 1.807) is 11.3 Å². The second-order valence-electron chi connectivity index (χ2n) is 8.77. The fourth-order valence-corrected chi connectivity index (χ4v) is 6.46. The van der Waals surface area contributed by atoms with Crippen LogP contribution in [0.3, 0.4) is 0 Å². The number of thiophene rings is 1. The summed E-state index contributed by atoms with van der Waals surface area (Å²) in [6.07, 6.45) is 2.94. The fourth-order valence-electron chi connectivity index (χ4n) is 5.17. The highest BCUT2D eigenvalue weighted by Crippen LogP contribution is 2.42. The molecule has 0 N–H and O–H groups in total. The van der Waals surface area contributed by atoms with Gasteiger partial charge in [-0.05, 0) is 55.5 Å². The highest BCUT2D eigenvalue weighted by atomic mass is 32.1. The molecule has 5 heteroatoms. The normalized spacial score (nSPS) is 17.3. The number of benzene rings is 2. The van der Waals surface area contributed by atoms with Gasteiger partial charge < -0.3 is 4.90 Å². The number of hydrogen-bond acceptors (Lipinski definition) is 3. The number of hydrogen-bond donors (Lipinski definition) is 0. The molecule has 1 amide bonds. The number of nitrogens with zero attached hydrogens (tertiary/aromatic N) is 3. The van der Waals surface area contributed by atoms with Crippen LogP contribution in [0.1, 0.15) is 44.5 Å². The van der Waals surface area contributed by atoms with Crippen LogP contribution in [-0.2, 0) is 12.8 Å². The highest BCUT2D eigenvalue weighted by molar-refractivity contribution is 7.17. The van der Waals surface area contributed by atoms with Gasteiger partial charge in [-0.2, -0.15) is 5.10 Å². The van der Waals surface area contributed by atoms with Gasteiger partial charge in [0.15, 0.2) is 0 Å². The van der Waals surface area contributed by atoms with Gasteiger partial charge in [0, 0.05) is 29.4 Å². The lowest BCUT2D eigenvalue weighted by Gasteiger charge is -2.15. The number of carbonyl (C=O) groups is 1. The SMILES string of the molecule is Cc1nn(-c2ccccc2)c2c1-c1sc(C(=O)N3CCC(c4ccccc4)C3)cc1CC2. The van der Waals surface area contributed by atoms with Crippen LogP contribution in [0.4, 0.5) is 0 Å². The molecule has 1 aliphatic carbocycles. The zero-order chi connectivity index (χ0) is 21.7. The minimum atomic E-state index is 0.178. The van der Waals surface area contributed by atoms with Crippen LogP contribution in [0, 0.1) is 6.92 Å². The predicted molar refractivity (Wildman–Crippen MR) is 129 cm³/mol. The van der Waals surface area contributed by atoms with Crippen molar-refractivity contribution in [3.63, 3.8) is 0 Å². The Bertz CT molecular complexity index is 1290. The van der Waals surface area contributed by atoms with Crippen LogP contribution in [-0.4, -0.2) is 33.7 Å². The molecule has 2 aliphatic rings. The van der Waals surface area contributed by atoms with Crippen molar-refractivity contribution in [1.82, 2.24) is 14.7 Å². The van der Waals surface area contributed by atoms with E-state index in [2.05, 4.69) is 54.1 Å². The van der Waals surface area contributed by atoms with E-state index in [0.29, 0.717) is 5.92 Å². The van der Waals surface area contributed by atoms with Crippen molar-refractivity contribution < 1.29 is 4.79 Å². The Kier molecular flexibility index (Phi) is 4.72. The molecule has 1 atom stereocenters. The van der Waals surface area contributed by atoms with Gasteiger partial charge >= 0.3 is 0 Å². The van der Waals surface area contributed by atoms with Crippen LogP contribution >= 0.6 is 11.3 Å². The first-order valence-corrected chi connectivity index (χ1v) is 12.1. The molecule has 4 aromatic rings. The van der Waals surface area contributed by atoms with Crippen LogP contribution < -0.4 is 0 Å². The molecule has 1 fully saturated rings. The van der Waals surface area contributed by atoms with Gasteiger partial charge in [-0.25, -0.2) is 4.68 Å². The molecule has 1 unspecified atom stereocenters. The van der Waals surface area contributed by atoms with Crippen molar-refractivity contribution in [2.24, 2.45) is 0 Å². The van der Waals surface area contributed by atoms with E-state index in [0.717, 1.165) is 48.6 Å². The topological polar surface area (TPSA) is 38.1 Å². The molecular weight excluding hydrogens is 414 g/mol. The van der Waals surface area contributed by atoms with Crippen molar-refractivity contribution >= 4 is 17.2 Å². The quantitative estimate of drug-likeness (QED) is 0.414. The third kappa shape index (κ3) is 3.19. The van der Waals surface area contributed by atoms with Crippen LogP contribution in [0.5, 0.6) is 0 Å². The van der Waals surface area contributed by atoms with Crippen LogP contribution in [0.15, 0.2) is 66.7 Å². The van der Waals surface area contributed by atoms with Gasteiger partial charge in [-0.3, -0.25) is 4.79 Å². The van der Waals surface area contributed by atoms with E-state index >= 15 is 0 Å². The Morgan fingerprint density at radius 1 is 1.03 bits per heavy atom. The number of aryl methyl sites for hydroxylation is 2. The molecule has 6 rings (SSSR count). The smallest absolute Gasteiger partial charge is 0.263 e. The second-order valence-corrected chi connectivity index (χ2v) is 9.82. The van der Waals surface area contributed by atoms with E-state index in [-0.39, 0.29) is 5.91 Å².